The Kier molecular flexibility index (Phi) is 5.85. The predicted molar refractivity (Wildman–Crippen MR) is 120 cm³/mol. The SMILES string of the molecule is COC(=O)c1ccc2nc(CC3CC=C(c4ccc(F)c(O)n4)CC3)n(C[C@@H]3CCO3)c2c1. The molecular weight excluding hydrogens is 425 g/mol. The van der Waals surface area contributed by atoms with Crippen LogP contribution in [0.4, 0.5) is 4.39 Å². The number of fused-ring (bicyclic) bond motifs is 1. The van der Waals surface area contributed by atoms with Gasteiger partial charge in [-0.25, -0.2) is 19.2 Å². The molecule has 2 atom stereocenters. The number of hydrogen-bond donors (Lipinski definition) is 1. The number of carbonyl (C=O) groups is 1. The minimum Gasteiger partial charge on any atom is -0.491 e. The summed E-state index contributed by atoms with van der Waals surface area (Å²) in [6.45, 7) is 1.49. The third-order valence-corrected chi connectivity index (χ3v) is 6.58. The number of methoxy groups -OCH3 is 1. The minimum absolute atomic E-state index is 0.165. The van der Waals surface area contributed by atoms with E-state index in [0.717, 1.165) is 61.1 Å². The fourth-order valence-corrected chi connectivity index (χ4v) is 4.58. The van der Waals surface area contributed by atoms with E-state index in [2.05, 4.69) is 15.6 Å². The Morgan fingerprint density at radius 2 is 2.12 bits per heavy atom. The van der Waals surface area contributed by atoms with Crippen molar-refractivity contribution >= 4 is 22.6 Å². The third-order valence-electron chi connectivity index (χ3n) is 6.58. The van der Waals surface area contributed by atoms with Crippen molar-refractivity contribution in [3.8, 4) is 5.88 Å². The Balaban J connectivity index is 1.39. The lowest BCUT2D eigenvalue weighted by atomic mass is 9.86. The van der Waals surface area contributed by atoms with Gasteiger partial charge < -0.3 is 19.1 Å². The van der Waals surface area contributed by atoms with Crippen molar-refractivity contribution in [1.29, 1.82) is 0 Å². The fraction of sp³-hybridized carbons (Fsp3) is 0.400. The second kappa shape index (κ2) is 8.94. The van der Waals surface area contributed by atoms with Crippen LogP contribution in [0, 0.1) is 11.7 Å². The fourth-order valence-electron chi connectivity index (χ4n) is 4.58. The van der Waals surface area contributed by atoms with Crippen LogP contribution in [0.15, 0.2) is 36.4 Å². The highest BCUT2D eigenvalue weighted by Gasteiger charge is 2.25. The van der Waals surface area contributed by atoms with Crippen LogP contribution in [0.5, 0.6) is 5.88 Å². The lowest BCUT2D eigenvalue weighted by molar-refractivity contribution is -0.0590. The highest BCUT2D eigenvalue weighted by molar-refractivity contribution is 5.93. The number of hydrogen-bond acceptors (Lipinski definition) is 6. The maximum Gasteiger partial charge on any atom is 0.337 e. The topological polar surface area (TPSA) is 86.5 Å². The van der Waals surface area contributed by atoms with Gasteiger partial charge in [-0.05, 0) is 67.5 Å². The normalized spacial score (nSPS) is 20.4. The molecule has 33 heavy (non-hydrogen) atoms. The molecule has 1 fully saturated rings. The van der Waals surface area contributed by atoms with Crippen molar-refractivity contribution in [2.45, 2.75) is 44.8 Å². The van der Waals surface area contributed by atoms with E-state index in [9.17, 15) is 14.3 Å². The number of halogens is 1. The number of allylic oxidation sites excluding steroid dienone is 2. The van der Waals surface area contributed by atoms with Crippen molar-refractivity contribution in [3.63, 3.8) is 0 Å². The maximum absolute atomic E-state index is 13.3. The molecule has 0 spiro atoms. The second-order valence-electron chi connectivity index (χ2n) is 8.69. The van der Waals surface area contributed by atoms with Crippen LogP contribution in [0.1, 0.15) is 47.6 Å². The molecule has 0 amide bonds. The first kappa shape index (κ1) is 21.6. The first-order valence-corrected chi connectivity index (χ1v) is 11.3. The number of nitrogens with zero attached hydrogens (tertiary/aromatic N) is 3. The lowest BCUT2D eigenvalue weighted by Gasteiger charge is -2.28. The highest BCUT2D eigenvalue weighted by Crippen LogP contribution is 2.33. The summed E-state index contributed by atoms with van der Waals surface area (Å²) in [5.41, 5.74) is 3.93. The zero-order chi connectivity index (χ0) is 22.9. The van der Waals surface area contributed by atoms with E-state index in [0.29, 0.717) is 23.7 Å². The number of ether oxygens (including phenoxy) is 2. The van der Waals surface area contributed by atoms with Crippen molar-refractivity contribution < 1.29 is 23.8 Å². The van der Waals surface area contributed by atoms with E-state index >= 15 is 0 Å². The van der Waals surface area contributed by atoms with Gasteiger partial charge in [0.1, 0.15) is 5.82 Å². The molecule has 3 aromatic rings. The summed E-state index contributed by atoms with van der Waals surface area (Å²) in [5, 5.41) is 9.58. The van der Waals surface area contributed by atoms with Gasteiger partial charge in [-0.15, -0.1) is 0 Å². The van der Waals surface area contributed by atoms with Gasteiger partial charge in [0.2, 0.25) is 5.88 Å². The van der Waals surface area contributed by atoms with Gasteiger partial charge in [-0.1, -0.05) is 6.08 Å². The number of aromatic hydroxyl groups is 1. The molecule has 5 rings (SSSR count). The molecule has 1 saturated heterocycles. The predicted octanol–water partition coefficient (Wildman–Crippen LogP) is 4.28. The summed E-state index contributed by atoms with van der Waals surface area (Å²) < 4.78 is 26.1. The molecule has 2 aliphatic rings. The molecule has 0 saturated carbocycles. The number of pyridine rings is 1. The average Bonchev–Trinajstić information content (AvgIpc) is 3.14. The van der Waals surface area contributed by atoms with Crippen molar-refractivity contribution in [3.05, 3.63) is 59.3 Å². The van der Waals surface area contributed by atoms with Gasteiger partial charge in [0.15, 0.2) is 5.82 Å². The monoisotopic (exact) mass is 451 g/mol. The molecule has 1 aromatic carbocycles. The average molecular weight is 451 g/mol. The van der Waals surface area contributed by atoms with Crippen LogP contribution < -0.4 is 0 Å². The standard InChI is InChI=1S/C25H26FN3O4/c1-32-25(31)17-6-8-21-22(13-17)29(14-18-10-11-33-18)23(27-21)12-15-2-4-16(5-3-15)20-9-7-19(26)24(30)28-20/h4,6-9,13,15,18H,2-3,5,10-12,14H2,1H3,(H,28,30)/t15?,18-/m0/s1. The summed E-state index contributed by atoms with van der Waals surface area (Å²) in [7, 11) is 1.38. The molecular formula is C25H26FN3O4. The van der Waals surface area contributed by atoms with Gasteiger partial charge in [-0.3, -0.25) is 0 Å². The first-order valence-electron chi connectivity index (χ1n) is 11.3. The van der Waals surface area contributed by atoms with Crippen LogP contribution in [-0.2, 0) is 22.4 Å². The Morgan fingerprint density at radius 1 is 1.27 bits per heavy atom. The van der Waals surface area contributed by atoms with E-state index in [1.165, 1.54) is 13.2 Å². The number of aromatic nitrogens is 3. The Bertz CT molecular complexity index is 1230. The van der Waals surface area contributed by atoms with E-state index in [-0.39, 0.29) is 12.1 Å². The molecule has 0 radical (unpaired) electrons. The molecule has 1 aliphatic heterocycles. The van der Waals surface area contributed by atoms with Crippen LogP contribution in [0.2, 0.25) is 0 Å². The summed E-state index contributed by atoms with van der Waals surface area (Å²) in [4.78, 5) is 20.9. The number of benzene rings is 1. The Labute approximate surface area is 190 Å². The molecule has 0 bridgehead atoms. The van der Waals surface area contributed by atoms with Crippen LogP contribution in [-0.4, -0.2) is 45.4 Å². The second-order valence-corrected chi connectivity index (χ2v) is 8.69. The largest absolute Gasteiger partial charge is 0.491 e. The molecule has 1 unspecified atom stereocenters. The zero-order valence-electron chi connectivity index (χ0n) is 18.5. The molecule has 1 aliphatic carbocycles. The first-order chi connectivity index (χ1) is 16.0. The lowest BCUT2D eigenvalue weighted by Crippen LogP contribution is -2.32. The molecule has 8 heteroatoms. The van der Waals surface area contributed by atoms with Gasteiger partial charge in [-0.2, -0.15) is 0 Å². The van der Waals surface area contributed by atoms with Gasteiger partial charge >= 0.3 is 5.97 Å². The molecule has 3 heterocycles. The summed E-state index contributed by atoms with van der Waals surface area (Å²) in [6.07, 6.45) is 6.72. The molecule has 7 nitrogen and oxygen atoms in total. The summed E-state index contributed by atoms with van der Waals surface area (Å²) in [5.74, 6) is -0.245. The Morgan fingerprint density at radius 3 is 2.79 bits per heavy atom. The Hall–Kier alpha value is -3.26. The molecule has 172 valence electrons. The highest BCUT2D eigenvalue weighted by atomic mass is 19.1. The third kappa shape index (κ3) is 4.35. The van der Waals surface area contributed by atoms with Crippen LogP contribution in [0.25, 0.3) is 16.6 Å². The smallest absolute Gasteiger partial charge is 0.337 e. The number of imidazole rings is 1. The minimum atomic E-state index is -0.710. The van der Waals surface area contributed by atoms with Gasteiger partial charge in [0.05, 0.1) is 42.0 Å². The van der Waals surface area contributed by atoms with Crippen molar-refractivity contribution in [2.75, 3.05) is 13.7 Å². The molecule has 1 N–H and O–H groups in total. The quantitative estimate of drug-likeness (QED) is 0.563. The molecule has 2 aromatic heterocycles. The van der Waals surface area contributed by atoms with E-state index in [4.69, 9.17) is 14.5 Å². The number of rotatable bonds is 6. The van der Waals surface area contributed by atoms with Gasteiger partial charge in [0, 0.05) is 13.0 Å². The zero-order valence-corrected chi connectivity index (χ0v) is 18.5. The number of esters is 1. The van der Waals surface area contributed by atoms with Crippen molar-refractivity contribution in [1.82, 2.24) is 14.5 Å². The summed E-state index contributed by atoms with van der Waals surface area (Å²) >= 11 is 0. The van der Waals surface area contributed by atoms with Crippen LogP contribution in [0.3, 0.4) is 0 Å². The van der Waals surface area contributed by atoms with Gasteiger partial charge in [0.25, 0.3) is 0 Å². The number of carbonyl (C=O) groups excluding carboxylic acids is 1. The van der Waals surface area contributed by atoms with E-state index in [1.54, 1.807) is 12.1 Å². The van der Waals surface area contributed by atoms with E-state index in [1.807, 2.05) is 12.1 Å². The van der Waals surface area contributed by atoms with E-state index < -0.39 is 11.7 Å². The maximum atomic E-state index is 13.3. The van der Waals surface area contributed by atoms with Crippen molar-refractivity contribution in [2.24, 2.45) is 5.92 Å². The van der Waals surface area contributed by atoms with Crippen LogP contribution >= 0.6 is 0 Å². The summed E-state index contributed by atoms with van der Waals surface area (Å²) in [6, 6.07) is 8.32.